The smallest absolute Gasteiger partial charge is 0.229 e. The summed E-state index contributed by atoms with van der Waals surface area (Å²) in [4.78, 5) is 14.1. The first-order valence-corrected chi connectivity index (χ1v) is 6.36. The molecule has 1 amide bonds. The molecule has 2 N–H and O–H groups in total. The summed E-state index contributed by atoms with van der Waals surface area (Å²) in [5, 5.41) is 0. The van der Waals surface area contributed by atoms with Gasteiger partial charge in [0.15, 0.2) is 0 Å². The van der Waals surface area contributed by atoms with Crippen molar-refractivity contribution in [2.24, 2.45) is 11.1 Å². The molecule has 0 aliphatic carbocycles. The predicted molar refractivity (Wildman–Crippen MR) is 61.4 cm³/mol. The number of carbonyl (C=O) groups is 1. The van der Waals surface area contributed by atoms with Crippen molar-refractivity contribution >= 4 is 17.7 Å². The van der Waals surface area contributed by atoms with Gasteiger partial charge in [-0.3, -0.25) is 4.79 Å². The van der Waals surface area contributed by atoms with E-state index in [-0.39, 0.29) is 11.3 Å². The van der Waals surface area contributed by atoms with Crippen LogP contribution in [0.2, 0.25) is 0 Å². The normalized spacial score (nSPS) is 21.8. The Morgan fingerprint density at radius 3 is 2.50 bits per heavy atom. The van der Waals surface area contributed by atoms with Crippen LogP contribution in [0.3, 0.4) is 0 Å². The van der Waals surface area contributed by atoms with Gasteiger partial charge in [-0.05, 0) is 13.3 Å². The topological polar surface area (TPSA) is 46.3 Å². The van der Waals surface area contributed by atoms with Crippen LogP contribution < -0.4 is 5.73 Å². The lowest BCUT2D eigenvalue weighted by molar-refractivity contribution is -0.140. The maximum absolute atomic E-state index is 12.1. The van der Waals surface area contributed by atoms with E-state index in [1.54, 1.807) is 0 Å². The van der Waals surface area contributed by atoms with Gasteiger partial charge in [-0.1, -0.05) is 6.92 Å². The third-order valence-corrected chi connectivity index (χ3v) is 3.99. The summed E-state index contributed by atoms with van der Waals surface area (Å²) in [6, 6.07) is 0. The highest BCUT2D eigenvalue weighted by Gasteiger charge is 2.34. The number of nitrogens with two attached hydrogens (primary N) is 1. The maximum atomic E-state index is 12.1. The number of amides is 1. The fourth-order valence-electron chi connectivity index (χ4n) is 1.53. The molecule has 0 saturated carbocycles. The minimum atomic E-state index is -0.345. The molecule has 1 atom stereocenters. The van der Waals surface area contributed by atoms with Crippen molar-refractivity contribution in [1.29, 1.82) is 0 Å². The van der Waals surface area contributed by atoms with Gasteiger partial charge >= 0.3 is 0 Å². The number of thioether (sulfide) groups is 1. The van der Waals surface area contributed by atoms with E-state index in [2.05, 4.69) is 0 Å². The van der Waals surface area contributed by atoms with Crippen LogP contribution in [0.15, 0.2) is 0 Å². The molecule has 0 radical (unpaired) electrons. The summed E-state index contributed by atoms with van der Waals surface area (Å²) in [7, 11) is 0. The van der Waals surface area contributed by atoms with Gasteiger partial charge in [0.1, 0.15) is 0 Å². The zero-order valence-electron chi connectivity index (χ0n) is 9.08. The van der Waals surface area contributed by atoms with E-state index < -0.39 is 0 Å². The Balaban J connectivity index is 2.61. The van der Waals surface area contributed by atoms with E-state index in [4.69, 9.17) is 5.73 Å². The van der Waals surface area contributed by atoms with E-state index in [1.165, 1.54) is 0 Å². The lowest BCUT2D eigenvalue weighted by Crippen LogP contribution is -2.48. The molecular formula is C10H20N2OS. The first-order chi connectivity index (χ1) is 6.64. The molecule has 3 nitrogen and oxygen atoms in total. The molecule has 14 heavy (non-hydrogen) atoms. The summed E-state index contributed by atoms with van der Waals surface area (Å²) in [5.41, 5.74) is 5.33. The molecule has 0 aromatic heterocycles. The highest BCUT2D eigenvalue weighted by Crippen LogP contribution is 2.24. The monoisotopic (exact) mass is 216 g/mol. The lowest BCUT2D eigenvalue weighted by Gasteiger charge is -2.35. The van der Waals surface area contributed by atoms with Gasteiger partial charge in [0.05, 0.1) is 5.41 Å². The second-order valence-corrected chi connectivity index (χ2v) is 5.25. The zero-order valence-corrected chi connectivity index (χ0v) is 9.90. The van der Waals surface area contributed by atoms with E-state index in [1.807, 2.05) is 30.5 Å². The Hall–Kier alpha value is -0.220. The zero-order chi connectivity index (χ0) is 10.6. The molecule has 1 aliphatic heterocycles. The van der Waals surface area contributed by atoms with Gasteiger partial charge in [-0.2, -0.15) is 11.8 Å². The molecule has 0 aromatic carbocycles. The van der Waals surface area contributed by atoms with Crippen LogP contribution in [0.1, 0.15) is 20.3 Å². The Bertz CT molecular complexity index is 198. The molecule has 1 saturated heterocycles. The molecule has 0 aromatic rings. The number of hydrogen-bond donors (Lipinski definition) is 1. The molecule has 1 heterocycles. The summed E-state index contributed by atoms with van der Waals surface area (Å²) < 4.78 is 0. The third kappa shape index (κ3) is 2.42. The van der Waals surface area contributed by atoms with Crippen LogP contribution in [0.5, 0.6) is 0 Å². The number of hydrogen-bond acceptors (Lipinski definition) is 3. The van der Waals surface area contributed by atoms with Crippen LogP contribution in [0.25, 0.3) is 0 Å². The fraction of sp³-hybridized carbons (Fsp3) is 0.900. The van der Waals surface area contributed by atoms with Crippen molar-refractivity contribution in [3.05, 3.63) is 0 Å². The summed E-state index contributed by atoms with van der Waals surface area (Å²) in [5.74, 6) is 2.37. The Labute approximate surface area is 90.4 Å². The van der Waals surface area contributed by atoms with E-state index in [9.17, 15) is 4.79 Å². The lowest BCUT2D eigenvalue weighted by atomic mass is 9.86. The van der Waals surface area contributed by atoms with Gasteiger partial charge in [-0.25, -0.2) is 0 Å². The first kappa shape index (κ1) is 11.9. The molecule has 1 aliphatic rings. The summed E-state index contributed by atoms with van der Waals surface area (Å²) in [6.07, 6.45) is 0.825. The second kappa shape index (κ2) is 5.03. The number of carbonyl (C=O) groups excluding carboxylic acids is 1. The second-order valence-electron chi connectivity index (χ2n) is 4.02. The Morgan fingerprint density at radius 2 is 2.07 bits per heavy atom. The summed E-state index contributed by atoms with van der Waals surface area (Å²) in [6.45, 7) is 6.23. The van der Waals surface area contributed by atoms with Gasteiger partial charge in [0.25, 0.3) is 0 Å². The van der Waals surface area contributed by atoms with Gasteiger partial charge in [0.2, 0.25) is 5.91 Å². The SMILES string of the molecule is CCC(C)(CN)C(=O)N1CCSCC1. The molecular weight excluding hydrogens is 196 g/mol. The Kier molecular flexibility index (Phi) is 4.26. The average Bonchev–Trinajstić information content (AvgIpc) is 2.28. The number of rotatable bonds is 3. The van der Waals surface area contributed by atoms with Gasteiger partial charge < -0.3 is 10.6 Å². The molecule has 4 heteroatoms. The largest absolute Gasteiger partial charge is 0.341 e. The first-order valence-electron chi connectivity index (χ1n) is 5.21. The van der Waals surface area contributed by atoms with Crippen LogP contribution >= 0.6 is 11.8 Å². The van der Waals surface area contributed by atoms with Crippen molar-refractivity contribution in [3.8, 4) is 0 Å². The van der Waals surface area contributed by atoms with Crippen molar-refractivity contribution in [2.75, 3.05) is 31.1 Å². The van der Waals surface area contributed by atoms with E-state index >= 15 is 0 Å². The molecule has 1 fully saturated rings. The van der Waals surface area contributed by atoms with Crippen LogP contribution in [0, 0.1) is 5.41 Å². The minimum absolute atomic E-state index is 0.239. The third-order valence-electron chi connectivity index (χ3n) is 3.05. The standard InChI is InChI=1S/C10H20N2OS/c1-3-10(2,8-11)9(13)12-4-6-14-7-5-12/h3-8,11H2,1-2H3. The Morgan fingerprint density at radius 1 is 1.50 bits per heavy atom. The van der Waals surface area contributed by atoms with Gasteiger partial charge in [-0.15, -0.1) is 0 Å². The van der Waals surface area contributed by atoms with Crippen LogP contribution in [-0.4, -0.2) is 41.9 Å². The molecule has 1 rings (SSSR count). The molecule has 82 valence electrons. The average molecular weight is 216 g/mol. The maximum Gasteiger partial charge on any atom is 0.229 e. The fourth-order valence-corrected chi connectivity index (χ4v) is 2.43. The van der Waals surface area contributed by atoms with E-state index in [0.29, 0.717) is 6.54 Å². The molecule has 0 spiro atoms. The van der Waals surface area contributed by atoms with Crippen molar-refractivity contribution in [1.82, 2.24) is 4.90 Å². The molecule has 0 bridgehead atoms. The summed E-state index contributed by atoms with van der Waals surface area (Å²) >= 11 is 1.92. The number of nitrogens with zero attached hydrogens (tertiary/aromatic N) is 1. The minimum Gasteiger partial charge on any atom is -0.341 e. The van der Waals surface area contributed by atoms with Crippen LogP contribution in [-0.2, 0) is 4.79 Å². The predicted octanol–water partition coefficient (Wildman–Crippen LogP) is 0.937. The molecule has 1 unspecified atom stereocenters. The highest BCUT2D eigenvalue weighted by molar-refractivity contribution is 7.99. The van der Waals surface area contributed by atoms with E-state index in [0.717, 1.165) is 31.0 Å². The van der Waals surface area contributed by atoms with Crippen molar-refractivity contribution < 1.29 is 4.79 Å². The quantitative estimate of drug-likeness (QED) is 0.763. The highest BCUT2D eigenvalue weighted by atomic mass is 32.2. The van der Waals surface area contributed by atoms with Crippen molar-refractivity contribution in [3.63, 3.8) is 0 Å². The van der Waals surface area contributed by atoms with Gasteiger partial charge in [0, 0.05) is 31.1 Å². The van der Waals surface area contributed by atoms with Crippen molar-refractivity contribution in [2.45, 2.75) is 20.3 Å². The van der Waals surface area contributed by atoms with Crippen LogP contribution in [0.4, 0.5) is 0 Å².